The van der Waals surface area contributed by atoms with Crippen molar-refractivity contribution in [1.82, 2.24) is 9.80 Å². The summed E-state index contributed by atoms with van der Waals surface area (Å²) in [5.74, 6) is 1.54. The van der Waals surface area contributed by atoms with Crippen LogP contribution in [0.2, 0.25) is 0 Å². The molecule has 122 valence electrons. The molecule has 3 rings (SSSR count). The van der Waals surface area contributed by atoms with Gasteiger partial charge in [-0.1, -0.05) is 31.2 Å². The molecular weight excluding hydrogens is 286 g/mol. The monoisotopic (exact) mass is 311 g/mol. The van der Waals surface area contributed by atoms with E-state index in [1.807, 2.05) is 24.3 Å². The first-order chi connectivity index (χ1) is 11.2. The summed E-state index contributed by atoms with van der Waals surface area (Å²) in [4.78, 5) is 4.48. The molecule has 1 saturated heterocycles. The minimum Gasteiger partial charge on any atom is -0.493 e. The van der Waals surface area contributed by atoms with Crippen molar-refractivity contribution in [2.75, 3.05) is 39.8 Å². The van der Waals surface area contributed by atoms with Crippen LogP contribution in [-0.4, -0.2) is 55.5 Å². The third-order valence-electron chi connectivity index (χ3n) is 4.42. The van der Waals surface area contributed by atoms with Gasteiger partial charge in [-0.15, -0.1) is 0 Å². The van der Waals surface area contributed by atoms with Crippen LogP contribution in [0.1, 0.15) is 18.9 Å². The molecule has 1 fully saturated rings. The van der Waals surface area contributed by atoms with Crippen LogP contribution >= 0.6 is 0 Å². The predicted octanol–water partition coefficient (Wildman–Crippen LogP) is 3.20. The lowest BCUT2D eigenvalue weighted by molar-refractivity contribution is 0.215. The molecular formula is C19H25N3O. The number of ether oxygens (including phenoxy) is 1. The maximum atomic E-state index is 8.65. The second-order valence-corrected chi connectivity index (χ2v) is 6.14. The zero-order chi connectivity index (χ0) is 16.2. The molecule has 0 saturated carbocycles. The SMILES string of the molecule is CCCOc1ccc(C(=N)N2CCN(C)CC2)c2ccccc12. The third kappa shape index (κ3) is 3.32. The zero-order valence-electron chi connectivity index (χ0n) is 14.0. The van der Waals surface area contributed by atoms with Gasteiger partial charge in [-0.2, -0.15) is 0 Å². The van der Waals surface area contributed by atoms with Gasteiger partial charge in [0.05, 0.1) is 6.61 Å². The summed E-state index contributed by atoms with van der Waals surface area (Å²) in [7, 11) is 2.14. The Bertz CT molecular complexity index is 690. The summed E-state index contributed by atoms with van der Waals surface area (Å²) in [6.07, 6.45) is 0.993. The lowest BCUT2D eigenvalue weighted by Crippen LogP contribution is -2.47. The molecule has 0 aliphatic carbocycles. The predicted molar refractivity (Wildman–Crippen MR) is 95.6 cm³/mol. The van der Waals surface area contributed by atoms with Crippen LogP contribution in [0.15, 0.2) is 36.4 Å². The van der Waals surface area contributed by atoms with Gasteiger partial charge in [-0.05, 0) is 31.0 Å². The molecule has 0 spiro atoms. The Balaban J connectivity index is 1.93. The Morgan fingerprint density at radius 3 is 2.43 bits per heavy atom. The van der Waals surface area contributed by atoms with Gasteiger partial charge in [0.15, 0.2) is 0 Å². The topological polar surface area (TPSA) is 39.6 Å². The van der Waals surface area contributed by atoms with E-state index in [1.165, 1.54) is 0 Å². The van der Waals surface area contributed by atoms with Crippen LogP contribution in [-0.2, 0) is 0 Å². The van der Waals surface area contributed by atoms with Gasteiger partial charge in [-0.3, -0.25) is 5.41 Å². The first-order valence-corrected chi connectivity index (χ1v) is 8.37. The van der Waals surface area contributed by atoms with Crippen LogP contribution in [0.4, 0.5) is 0 Å². The average molecular weight is 311 g/mol. The maximum absolute atomic E-state index is 8.65. The number of likely N-dealkylation sites (N-methyl/N-ethyl adjacent to an activating group) is 1. The minimum absolute atomic E-state index is 0.622. The van der Waals surface area contributed by atoms with E-state index in [2.05, 4.69) is 35.9 Å². The molecule has 0 unspecified atom stereocenters. The largest absolute Gasteiger partial charge is 0.493 e. The second-order valence-electron chi connectivity index (χ2n) is 6.14. The molecule has 0 aromatic heterocycles. The van der Waals surface area contributed by atoms with E-state index >= 15 is 0 Å². The van der Waals surface area contributed by atoms with Gasteiger partial charge in [0.2, 0.25) is 0 Å². The standard InChI is InChI=1S/C19H25N3O/c1-3-14-23-18-9-8-17(15-6-4-5-7-16(15)18)19(20)22-12-10-21(2)11-13-22/h4-9,20H,3,10-14H2,1-2H3. The molecule has 4 heteroatoms. The molecule has 0 amide bonds. The van der Waals surface area contributed by atoms with Crippen molar-refractivity contribution in [3.63, 3.8) is 0 Å². The maximum Gasteiger partial charge on any atom is 0.128 e. The number of nitrogens with one attached hydrogen (secondary N) is 1. The number of benzene rings is 2. The van der Waals surface area contributed by atoms with Crippen LogP contribution in [0.25, 0.3) is 10.8 Å². The van der Waals surface area contributed by atoms with E-state index in [1.54, 1.807) is 0 Å². The average Bonchev–Trinajstić information content (AvgIpc) is 2.59. The summed E-state index contributed by atoms with van der Waals surface area (Å²) >= 11 is 0. The highest BCUT2D eigenvalue weighted by atomic mass is 16.5. The fraction of sp³-hybridized carbons (Fsp3) is 0.421. The number of rotatable bonds is 4. The van der Waals surface area contributed by atoms with E-state index in [0.717, 1.165) is 61.3 Å². The highest BCUT2D eigenvalue weighted by Crippen LogP contribution is 2.29. The highest BCUT2D eigenvalue weighted by molar-refractivity contribution is 6.09. The summed E-state index contributed by atoms with van der Waals surface area (Å²) in [6, 6.07) is 12.3. The van der Waals surface area contributed by atoms with E-state index in [4.69, 9.17) is 10.1 Å². The summed E-state index contributed by atoms with van der Waals surface area (Å²) < 4.78 is 5.87. The van der Waals surface area contributed by atoms with Gasteiger partial charge >= 0.3 is 0 Å². The normalized spacial score (nSPS) is 15.8. The highest BCUT2D eigenvalue weighted by Gasteiger charge is 2.19. The fourth-order valence-electron chi connectivity index (χ4n) is 3.02. The molecule has 1 N–H and O–H groups in total. The molecule has 1 aliphatic rings. The Hall–Kier alpha value is -2.07. The third-order valence-corrected chi connectivity index (χ3v) is 4.42. The number of hydrogen-bond donors (Lipinski definition) is 1. The van der Waals surface area contributed by atoms with E-state index in [9.17, 15) is 0 Å². The van der Waals surface area contributed by atoms with E-state index < -0.39 is 0 Å². The summed E-state index contributed by atoms with van der Waals surface area (Å²) in [6.45, 7) is 6.68. The van der Waals surface area contributed by atoms with Crippen LogP contribution in [0.5, 0.6) is 5.75 Å². The number of fused-ring (bicyclic) bond motifs is 1. The van der Waals surface area contributed by atoms with Crippen molar-refractivity contribution in [3.05, 3.63) is 42.0 Å². The van der Waals surface area contributed by atoms with Gasteiger partial charge in [0.1, 0.15) is 11.6 Å². The van der Waals surface area contributed by atoms with Gasteiger partial charge < -0.3 is 14.5 Å². The number of hydrogen-bond acceptors (Lipinski definition) is 3. The molecule has 0 radical (unpaired) electrons. The van der Waals surface area contributed by atoms with Crippen molar-refractivity contribution in [3.8, 4) is 5.75 Å². The summed E-state index contributed by atoms with van der Waals surface area (Å²) in [5.41, 5.74) is 0.994. The molecule has 4 nitrogen and oxygen atoms in total. The van der Waals surface area contributed by atoms with Crippen molar-refractivity contribution in [1.29, 1.82) is 5.41 Å². The zero-order valence-corrected chi connectivity index (χ0v) is 14.0. The van der Waals surface area contributed by atoms with Gasteiger partial charge in [-0.25, -0.2) is 0 Å². The fourth-order valence-corrected chi connectivity index (χ4v) is 3.02. The van der Waals surface area contributed by atoms with Crippen LogP contribution in [0, 0.1) is 5.41 Å². The quantitative estimate of drug-likeness (QED) is 0.696. The molecule has 2 aromatic rings. The van der Waals surface area contributed by atoms with E-state index in [0.29, 0.717) is 5.84 Å². The first-order valence-electron chi connectivity index (χ1n) is 8.37. The Labute approximate surface area is 138 Å². The van der Waals surface area contributed by atoms with Gasteiger partial charge in [0.25, 0.3) is 0 Å². The summed E-state index contributed by atoms with van der Waals surface area (Å²) in [5, 5.41) is 10.8. The number of nitrogens with zero attached hydrogens (tertiary/aromatic N) is 2. The molecule has 0 bridgehead atoms. The van der Waals surface area contributed by atoms with Crippen molar-refractivity contribution >= 4 is 16.6 Å². The van der Waals surface area contributed by atoms with E-state index in [-0.39, 0.29) is 0 Å². The van der Waals surface area contributed by atoms with Crippen LogP contribution < -0.4 is 4.74 Å². The van der Waals surface area contributed by atoms with Gasteiger partial charge in [0, 0.05) is 37.1 Å². The van der Waals surface area contributed by atoms with Crippen molar-refractivity contribution < 1.29 is 4.74 Å². The lowest BCUT2D eigenvalue weighted by atomic mass is 10.0. The lowest BCUT2D eigenvalue weighted by Gasteiger charge is -2.34. The second kappa shape index (κ2) is 7.01. The van der Waals surface area contributed by atoms with Crippen molar-refractivity contribution in [2.24, 2.45) is 0 Å². The molecule has 1 heterocycles. The number of piperazine rings is 1. The Morgan fingerprint density at radius 2 is 1.74 bits per heavy atom. The molecule has 2 aromatic carbocycles. The number of amidine groups is 1. The first kappa shape index (κ1) is 15.8. The molecule has 0 atom stereocenters. The minimum atomic E-state index is 0.622. The van der Waals surface area contributed by atoms with Crippen molar-refractivity contribution in [2.45, 2.75) is 13.3 Å². The Morgan fingerprint density at radius 1 is 1.04 bits per heavy atom. The van der Waals surface area contributed by atoms with Crippen LogP contribution in [0.3, 0.4) is 0 Å². The molecule has 1 aliphatic heterocycles. The smallest absolute Gasteiger partial charge is 0.128 e. The molecule has 23 heavy (non-hydrogen) atoms. The Kier molecular flexibility index (Phi) is 4.82.